The van der Waals surface area contributed by atoms with Crippen LogP contribution in [0.4, 0.5) is 0 Å². The Balaban J connectivity index is 0.00000320. The first kappa shape index (κ1) is 26.0. The molecule has 0 spiro atoms. The Kier molecular flexibility index (Phi) is 8.07. The van der Waals surface area contributed by atoms with E-state index in [0.29, 0.717) is 19.3 Å². The molecule has 0 aromatic rings. The van der Waals surface area contributed by atoms with Crippen LogP contribution in [0.2, 0.25) is 0 Å². The van der Waals surface area contributed by atoms with Crippen molar-refractivity contribution >= 4 is 16.4 Å². The predicted molar refractivity (Wildman–Crippen MR) is 102 cm³/mol. The molecule has 5 atom stereocenters. The van der Waals surface area contributed by atoms with Crippen LogP contribution in [0.15, 0.2) is 22.8 Å². The summed E-state index contributed by atoms with van der Waals surface area (Å²) in [6, 6.07) is 0. The van der Waals surface area contributed by atoms with E-state index >= 15 is 0 Å². The SMILES string of the molecule is CC1=C(C/C=C2/C(=O)OC[C@H]2O)[C@]2(C)CC[C@@H](O)[C@@](C)(COS(=O)(=O)[O-])[C@H]2CC1.[Na+]. The van der Waals surface area contributed by atoms with Crippen LogP contribution in [-0.2, 0) is 24.1 Å². The molecule has 1 saturated carbocycles. The number of carbonyl (C=O) groups is 1. The number of hydrogen-bond acceptors (Lipinski definition) is 8. The van der Waals surface area contributed by atoms with Crippen LogP contribution in [0, 0.1) is 16.7 Å². The summed E-state index contributed by atoms with van der Waals surface area (Å²) in [5, 5.41) is 20.7. The van der Waals surface area contributed by atoms with Gasteiger partial charge in [0.15, 0.2) is 0 Å². The number of aliphatic hydroxyl groups excluding tert-OH is 2. The second-order valence-corrected chi connectivity index (χ2v) is 10.0. The maximum Gasteiger partial charge on any atom is 1.00 e. The molecule has 10 heteroatoms. The van der Waals surface area contributed by atoms with Gasteiger partial charge in [-0.15, -0.1) is 0 Å². The third-order valence-corrected chi connectivity index (χ3v) is 7.69. The molecule has 2 fully saturated rings. The van der Waals surface area contributed by atoms with Crippen LogP contribution in [0.25, 0.3) is 0 Å². The van der Waals surface area contributed by atoms with Crippen molar-refractivity contribution in [1.29, 1.82) is 0 Å². The first-order chi connectivity index (χ1) is 13.4. The zero-order valence-corrected chi connectivity index (χ0v) is 20.8. The summed E-state index contributed by atoms with van der Waals surface area (Å²) in [5.41, 5.74) is 1.33. The van der Waals surface area contributed by atoms with Crippen molar-refractivity contribution in [3.63, 3.8) is 0 Å². The van der Waals surface area contributed by atoms with Gasteiger partial charge in [0.05, 0.1) is 18.3 Å². The molecular weight excluding hydrogens is 423 g/mol. The first-order valence-corrected chi connectivity index (χ1v) is 11.2. The average Bonchev–Trinajstić information content (AvgIpc) is 2.94. The third kappa shape index (κ3) is 4.88. The molecule has 3 aliphatic rings. The van der Waals surface area contributed by atoms with E-state index in [-0.39, 0.29) is 59.7 Å². The monoisotopic (exact) mass is 452 g/mol. The van der Waals surface area contributed by atoms with E-state index in [9.17, 15) is 28.0 Å². The van der Waals surface area contributed by atoms with Gasteiger partial charge in [0.1, 0.15) is 12.7 Å². The summed E-state index contributed by atoms with van der Waals surface area (Å²) in [6.07, 6.45) is 3.11. The normalized spacial score (nSPS) is 38.3. The predicted octanol–water partition coefficient (Wildman–Crippen LogP) is -1.40. The molecule has 0 unspecified atom stereocenters. The van der Waals surface area contributed by atoms with Crippen molar-refractivity contribution in [2.45, 2.75) is 65.1 Å². The summed E-state index contributed by atoms with van der Waals surface area (Å²) in [6.45, 7) is 5.51. The second kappa shape index (κ2) is 9.31. The Hall–Kier alpha value is -0.260. The van der Waals surface area contributed by atoms with E-state index in [1.807, 2.05) is 6.92 Å². The van der Waals surface area contributed by atoms with Gasteiger partial charge >= 0.3 is 35.5 Å². The molecule has 3 rings (SSSR count). The van der Waals surface area contributed by atoms with E-state index in [0.717, 1.165) is 18.4 Å². The fraction of sp³-hybridized carbons (Fsp3) is 0.750. The van der Waals surface area contributed by atoms with Crippen molar-refractivity contribution in [1.82, 2.24) is 0 Å². The van der Waals surface area contributed by atoms with Crippen LogP contribution < -0.4 is 29.6 Å². The van der Waals surface area contributed by atoms with E-state index in [1.165, 1.54) is 5.57 Å². The maximum atomic E-state index is 11.8. The minimum Gasteiger partial charge on any atom is -0.726 e. The molecule has 1 aliphatic heterocycles. The summed E-state index contributed by atoms with van der Waals surface area (Å²) < 4.78 is 42.6. The Labute approximate surface area is 200 Å². The fourth-order valence-electron chi connectivity index (χ4n) is 5.61. The number of rotatable bonds is 5. The van der Waals surface area contributed by atoms with E-state index in [2.05, 4.69) is 11.1 Å². The van der Waals surface area contributed by atoms with Crippen molar-refractivity contribution in [2.24, 2.45) is 16.7 Å². The number of carbonyl (C=O) groups excluding carboxylic acids is 1. The second-order valence-electron chi connectivity index (χ2n) is 8.98. The van der Waals surface area contributed by atoms with Gasteiger partial charge in [-0.25, -0.2) is 13.2 Å². The molecule has 0 radical (unpaired) electrons. The fourth-order valence-corrected chi connectivity index (χ4v) is 6.01. The Morgan fingerprint density at radius 1 is 1.30 bits per heavy atom. The zero-order chi connectivity index (χ0) is 21.6. The third-order valence-electron chi connectivity index (χ3n) is 7.28. The van der Waals surface area contributed by atoms with Crippen LogP contribution in [0.3, 0.4) is 0 Å². The number of hydrogen-bond donors (Lipinski definition) is 2. The molecule has 1 heterocycles. The topological polar surface area (TPSA) is 133 Å². The van der Waals surface area contributed by atoms with Gasteiger partial charge in [-0.2, -0.15) is 0 Å². The van der Waals surface area contributed by atoms with Gasteiger partial charge in [0.25, 0.3) is 0 Å². The van der Waals surface area contributed by atoms with Crippen LogP contribution in [0.5, 0.6) is 0 Å². The largest absolute Gasteiger partial charge is 1.00 e. The van der Waals surface area contributed by atoms with Gasteiger partial charge in [0, 0.05) is 5.41 Å². The van der Waals surface area contributed by atoms with Crippen LogP contribution in [-0.4, -0.2) is 54.6 Å². The Bertz CT molecular complexity index is 851. The summed E-state index contributed by atoms with van der Waals surface area (Å²) in [5.74, 6) is -0.607. The summed E-state index contributed by atoms with van der Waals surface area (Å²) >= 11 is 0. The van der Waals surface area contributed by atoms with Crippen LogP contribution in [0.1, 0.15) is 52.9 Å². The molecule has 8 nitrogen and oxygen atoms in total. The van der Waals surface area contributed by atoms with Gasteiger partial charge in [0.2, 0.25) is 10.4 Å². The number of cyclic esters (lactones) is 1. The molecular formula is C20H29NaO8S. The molecule has 30 heavy (non-hydrogen) atoms. The number of ether oxygens (including phenoxy) is 1. The minimum atomic E-state index is -4.86. The smallest absolute Gasteiger partial charge is 0.726 e. The van der Waals surface area contributed by atoms with Gasteiger partial charge in [-0.05, 0) is 50.4 Å². The van der Waals surface area contributed by atoms with Gasteiger partial charge in [-0.3, -0.25) is 4.18 Å². The van der Waals surface area contributed by atoms with Crippen LogP contribution >= 0.6 is 0 Å². The minimum absolute atomic E-state index is 0. The van der Waals surface area contributed by atoms with Crippen molar-refractivity contribution in [2.75, 3.05) is 13.2 Å². The number of allylic oxidation sites excluding steroid dienone is 3. The Morgan fingerprint density at radius 2 is 1.97 bits per heavy atom. The van der Waals surface area contributed by atoms with E-state index in [1.54, 1.807) is 13.0 Å². The molecule has 0 aromatic heterocycles. The molecule has 2 aliphatic carbocycles. The standard InChI is InChI=1S/C20H30O8S.Na/c1-12-4-7-16-19(2,14(12)6-5-13-15(21)10-27-18(13)23)9-8-17(22)20(16,3)11-28-29(24,25)26;/h5,15-17,21-22H,4,6-11H2,1-3H3,(H,24,25,26);/q;+1/p-1/b13-5+;/t15-,16+,17-,19+,20+;/m1./s1. The number of fused-ring (bicyclic) bond motifs is 1. The molecule has 0 bridgehead atoms. The number of aliphatic hydroxyl groups is 2. The van der Waals surface area contributed by atoms with Crippen molar-refractivity contribution in [3.05, 3.63) is 22.8 Å². The Morgan fingerprint density at radius 3 is 2.53 bits per heavy atom. The van der Waals surface area contributed by atoms with Crippen molar-refractivity contribution < 1.29 is 66.5 Å². The number of esters is 1. The molecule has 0 aromatic carbocycles. The first-order valence-electron chi connectivity index (χ1n) is 9.91. The summed E-state index contributed by atoms with van der Waals surface area (Å²) in [7, 11) is -4.86. The van der Waals surface area contributed by atoms with E-state index < -0.39 is 34.0 Å². The van der Waals surface area contributed by atoms with Gasteiger partial charge in [-0.1, -0.05) is 31.1 Å². The quantitative estimate of drug-likeness (QED) is 0.130. The van der Waals surface area contributed by atoms with Crippen molar-refractivity contribution in [3.8, 4) is 0 Å². The molecule has 2 N–H and O–H groups in total. The maximum absolute atomic E-state index is 11.8. The zero-order valence-electron chi connectivity index (χ0n) is 18.0. The average molecular weight is 453 g/mol. The molecule has 0 amide bonds. The van der Waals surface area contributed by atoms with E-state index in [4.69, 9.17) is 4.74 Å². The van der Waals surface area contributed by atoms with Gasteiger partial charge < -0.3 is 19.5 Å². The summed E-state index contributed by atoms with van der Waals surface area (Å²) in [4.78, 5) is 11.8. The molecule has 164 valence electrons. The molecule has 1 saturated heterocycles.